The van der Waals surface area contributed by atoms with Gasteiger partial charge in [-0.25, -0.2) is 9.97 Å². The Bertz CT molecular complexity index is 718. The summed E-state index contributed by atoms with van der Waals surface area (Å²) in [6, 6.07) is 10.1. The number of hydrogen-bond acceptors (Lipinski definition) is 2. The minimum absolute atomic E-state index is 0.564. The molecule has 0 bridgehead atoms. The number of hydrogen-bond donors (Lipinski definition) is 0. The Morgan fingerprint density at radius 3 is 2.95 bits per heavy atom. The fourth-order valence-corrected chi connectivity index (χ4v) is 2.43. The lowest BCUT2D eigenvalue weighted by molar-refractivity contribution is 0.731. The molecule has 0 unspecified atom stereocenters. The summed E-state index contributed by atoms with van der Waals surface area (Å²) in [4.78, 5) is 8.77. The quantitative estimate of drug-likeness (QED) is 0.680. The first kappa shape index (κ1) is 12.2. The van der Waals surface area contributed by atoms with Gasteiger partial charge >= 0.3 is 0 Å². The van der Waals surface area contributed by atoms with E-state index in [4.69, 9.17) is 11.6 Å². The highest BCUT2D eigenvalue weighted by Gasteiger charge is 2.07. The molecule has 1 aromatic carbocycles. The first-order valence-corrected chi connectivity index (χ1v) is 6.70. The number of fused-ring (bicyclic) bond motifs is 1. The number of nitrogens with zero attached hydrogens (tertiary/aromatic N) is 3. The van der Waals surface area contributed by atoms with Crippen LogP contribution in [0.5, 0.6) is 0 Å². The highest BCUT2D eigenvalue weighted by molar-refractivity contribution is 6.30. The fraction of sp³-hybridized carbons (Fsp3) is 0.200. The van der Waals surface area contributed by atoms with E-state index in [1.165, 1.54) is 0 Å². The van der Waals surface area contributed by atoms with Gasteiger partial charge in [0.05, 0.1) is 12.1 Å². The molecule has 0 N–H and O–H groups in total. The fourth-order valence-electron chi connectivity index (χ4n) is 2.23. The van der Waals surface area contributed by atoms with Gasteiger partial charge in [0, 0.05) is 29.8 Å². The number of halogens is 1. The van der Waals surface area contributed by atoms with E-state index in [1.54, 1.807) is 0 Å². The monoisotopic (exact) mass is 271 g/mol. The number of pyridine rings is 1. The van der Waals surface area contributed by atoms with Crippen LogP contribution in [0.25, 0.3) is 10.9 Å². The van der Waals surface area contributed by atoms with E-state index < -0.39 is 0 Å². The Morgan fingerprint density at radius 2 is 2.11 bits per heavy atom. The number of benzene rings is 1. The minimum Gasteiger partial charge on any atom is -0.330 e. The van der Waals surface area contributed by atoms with Crippen LogP contribution in [-0.2, 0) is 13.0 Å². The molecule has 96 valence electrons. The van der Waals surface area contributed by atoms with Gasteiger partial charge in [-0.2, -0.15) is 0 Å². The maximum Gasteiger partial charge on any atom is 0.134 e. The highest BCUT2D eigenvalue weighted by atomic mass is 35.5. The van der Waals surface area contributed by atoms with Crippen LogP contribution in [0.2, 0.25) is 5.15 Å². The second-order valence-corrected chi connectivity index (χ2v) is 4.81. The molecule has 3 nitrogen and oxygen atoms in total. The zero-order valence-corrected chi connectivity index (χ0v) is 11.4. The summed E-state index contributed by atoms with van der Waals surface area (Å²) in [6.45, 7) is 2.80. The Kier molecular flexibility index (Phi) is 3.22. The molecule has 2 aromatic heterocycles. The molecule has 0 saturated carbocycles. The standard InChI is InChI=1S/C15H14ClN3/c1-2-14-17-7-8-19(14)10-12-9-11-5-3-4-6-13(11)18-15(12)16/h3-9H,2,10H2,1H3. The van der Waals surface area contributed by atoms with Crippen LogP contribution >= 0.6 is 11.6 Å². The van der Waals surface area contributed by atoms with Crippen molar-refractivity contribution < 1.29 is 0 Å². The van der Waals surface area contributed by atoms with Gasteiger partial charge in [-0.3, -0.25) is 0 Å². The number of imidazole rings is 1. The predicted octanol–water partition coefficient (Wildman–Crippen LogP) is 3.70. The zero-order valence-electron chi connectivity index (χ0n) is 10.7. The number of rotatable bonds is 3. The third-order valence-electron chi connectivity index (χ3n) is 3.21. The number of para-hydroxylation sites is 1. The van der Waals surface area contributed by atoms with Crippen molar-refractivity contribution in [2.24, 2.45) is 0 Å². The average molecular weight is 272 g/mol. The largest absolute Gasteiger partial charge is 0.330 e. The van der Waals surface area contributed by atoms with Crippen LogP contribution in [0.15, 0.2) is 42.7 Å². The molecular formula is C15H14ClN3. The van der Waals surface area contributed by atoms with E-state index in [9.17, 15) is 0 Å². The van der Waals surface area contributed by atoms with Gasteiger partial charge in [0.25, 0.3) is 0 Å². The van der Waals surface area contributed by atoms with Crippen molar-refractivity contribution in [3.05, 3.63) is 59.3 Å². The van der Waals surface area contributed by atoms with Crippen LogP contribution in [0.4, 0.5) is 0 Å². The molecule has 0 amide bonds. The van der Waals surface area contributed by atoms with E-state index in [1.807, 2.05) is 30.6 Å². The summed E-state index contributed by atoms with van der Waals surface area (Å²) in [7, 11) is 0. The maximum atomic E-state index is 6.27. The van der Waals surface area contributed by atoms with E-state index in [2.05, 4.69) is 33.6 Å². The average Bonchev–Trinajstić information content (AvgIpc) is 2.87. The van der Waals surface area contributed by atoms with E-state index in [-0.39, 0.29) is 0 Å². The molecule has 0 spiro atoms. The van der Waals surface area contributed by atoms with Crippen molar-refractivity contribution in [3.63, 3.8) is 0 Å². The summed E-state index contributed by atoms with van der Waals surface area (Å²) in [6.07, 6.45) is 4.71. The third kappa shape index (κ3) is 2.34. The first-order valence-electron chi connectivity index (χ1n) is 6.32. The lowest BCUT2D eigenvalue weighted by Gasteiger charge is -2.09. The predicted molar refractivity (Wildman–Crippen MR) is 77.5 cm³/mol. The van der Waals surface area contributed by atoms with E-state index in [0.717, 1.165) is 28.7 Å². The molecule has 0 aliphatic carbocycles. The molecule has 0 fully saturated rings. The Balaban J connectivity index is 2.03. The molecule has 0 saturated heterocycles. The third-order valence-corrected chi connectivity index (χ3v) is 3.54. The maximum absolute atomic E-state index is 6.27. The second-order valence-electron chi connectivity index (χ2n) is 4.46. The molecule has 19 heavy (non-hydrogen) atoms. The zero-order chi connectivity index (χ0) is 13.2. The number of aryl methyl sites for hydroxylation is 1. The highest BCUT2D eigenvalue weighted by Crippen LogP contribution is 2.21. The molecule has 0 atom stereocenters. The van der Waals surface area contributed by atoms with Crippen molar-refractivity contribution >= 4 is 22.5 Å². The summed E-state index contributed by atoms with van der Waals surface area (Å²) in [5.41, 5.74) is 1.95. The van der Waals surface area contributed by atoms with Crippen LogP contribution < -0.4 is 0 Å². The summed E-state index contributed by atoms with van der Waals surface area (Å²) >= 11 is 6.27. The molecule has 3 rings (SSSR count). The Labute approximate surface area is 116 Å². The topological polar surface area (TPSA) is 30.7 Å². The molecule has 4 heteroatoms. The molecule has 3 aromatic rings. The SMILES string of the molecule is CCc1nccn1Cc1cc2ccccc2nc1Cl. The second kappa shape index (κ2) is 5.02. The van der Waals surface area contributed by atoms with Gasteiger partial charge in [-0.1, -0.05) is 36.7 Å². The van der Waals surface area contributed by atoms with Crippen molar-refractivity contribution in [3.8, 4) is 0 Å². The van der Waals surface area contributed by atoms with Crippen LogP contribution in [0.3, 0.4) is 0 Å². The number of aromatic nitrogens is 3. The minimum atomic E-state index is 0.564. The van der Waals surface area contributed by atoms with Gasteiger partial charge in [0.2, 0.25) is 0 Å². The normalized spacial score (nSPS) is 11.1. The molecule has 0 radical (unpaired) electrons. The smallest absolute Gasteiger partial charge is 0.134 e. The Morgan fingerprint density at radius 1 is 1.26 bits per heavy atom. The lowest BCUT2D eigenvalue weighted by Crippen LogP contribution is -2.04. The lowest BCUT2D eigenvalue weighted by atomic mass is 10.1. The molecule has 2 heterocycles. The molecule has 0 aliphatic rings. The summed E-state index contributed by atoms with van der Waals surface area (Å²) in [5, 5.41) is 1.68. The van der Waals surface area contributed by atoms with E-state index >= 15 is 0 Å². The van der Waals surface area contributed by atoms with Gasteiger partial charge in [0.1, 0.15) is 11.0 Å². The van der Waals surface area contributed by atoms with Crippen LogP contribution in [-0.4, -0.2) is 14.5 Å². The van der Waals surface area contributed by atoms with Crippen LogP contribution in [0.1, 0.15) is 18.3 Å². The van der Waals surface area contributed by atoms with Gasteiger partial charge < -0.3 is 4.57 Å². The van der Waals surface area contributed by atoms with Gasteiger partial charge in [-0.15, -0.1) is 0 Å². The van der Waals surface area contributed by atoms with Crippen molar-refractivity contribution in [2.45, 2.75) is 19.9 Å². The summed E-state index contributed by atoms with van der Waals surface area (Å²) in [5.74, 6) is 1.06. The van der Waals surface area contributed by atoms with Crippen molar-refractivity contribution in [1.82, 2.24) is 14.5 Å². The van der Waals surface area contributed by atoms with Crippen LogP contribution in [0, 0.1) is 0 Å². The first-order chi connectivity index (χ1) is 9.28. The van der Waals surface area contributed by atoms with Gasteiger partial charge in [0.15, 0.2) is 0 Å². The molecular weight excluding hydrogens is 258 g/mol. The van der Waals surface area contributed by atoms with Crippen molar-refractivity contribution in [2.75, 3.05) is 0 Å². The summed E-state index contributed by atoms with van der Waals surface area (Å²) < 4.78 is 2.11. The van der Waals surface area contributed by atoms with Gasteiger partial charge in [-0.05, 0) is 12.1 Å². The Hall–Kier alpha value is -1.87. The van der Waals surface area contributed by atoms with E-state index in [0.29, 0.717) is 11.7 Å². The molecule has 0 aliphatic heterocycles. The van der Waals surface area contributed by atoms with Crippen molar-refractivity contribution in [1.29, 1.82) is 0 Å².